The SMILES string of the molecule is Cc1cc(OP(=O)(O)OC[C@H]2O[C@@H](n3cnc(N)nc3=O)[C@@H](O)C2O)cc2c1OC(C)(CCCC(C)CCCC(C)CCCC(C)C)CC2. The van der Waals surface area contributed by atoms with Crippen molar-refractivity contribution < 1.29 is 38.2 Å². The van der Waals surface area contributed by atoms with Crippen LogP contribution in [0.4, 0.5) is 5.95 Å². The average Bonchev–Trinajstić information content (AvgIpc) is 3.29. The Kier molecular flexibility index (Phi) is 13.7. The zero-order chi connectivity index (χ0) is 35.9. The second-order valence-electron chi connectivity index (χ2n) is 14.9. The van der Waals surface area contributed by atoms with Gasteiger partial charge in [-0.15, -0.1) is 0 Å². The van der Waals surface area contributed by atoms with Crippen molar-refractivity contribution in [2.45, 2.75) is 142 Å². The van der Waals surface area contributed by atoms with E-state index in [2.05, 4.69) is 44.6 Å². The summed E-state index contributed by atoms with van der Waals surface area (Å²) in [5.41, 5.74) is 5.95. The standard InChI is InChI=1S/C35H57N4O9P/c1-22(2)10-7-11-23(3)12-8-13-24(4)14-9-16-35(6)17-15-26-19-27(18-25(5)31(26)47-35)48-49(43,44)45-20-28-29(40)30(41)32(46-28)39-21-37-33(36)38-34(39)42/h18-19,21-24,28-30,32,40-41H,7-17,20H2,1-6H3,(H,43,44)(H2,36,38,42)/t23?,24?,28-,29?,30+,32-,35?/m1/s1. The number of aryl methyl sites for hydroxylation is 2. The van der Waals surface area contributed by atoms with Crippen LogP contribution in [0.3, 0.4) is 0 Å². The van der Waals surface area contributed by atoms with E-state index in [1.165, 1.54) is 44.9 Å². The lowest BCUT2D eigenvalue weighted by atomic mass is 9.85. The second-order valence-corrected chi connectivity index (χ2v) is 16.3. The van der Waals surface area contributed by atoms with Crippen LogP contribution in [-0.2, 0) is 20.2 Å². The maximum absolute atomic E-state index is 12.9. The van der Waals surface area contributed by atoms with Gasteiger partial charge >= 0.3 is 13.5 Å². The van der Waals surface area contributed by atoms with Crippen molar-refractivity contribution in [2.24, 2.45) is 17.8 Å². The fourth-order valence-corrected chi connectivity index (χ4v) is 7.58. The lowest BCUT2D eigenvalue weighted by molar-refractivity contribution is -0.0544. The molecule has 49 heavy (non-hydrogen) atoms. The first-order chi connectivity index (χ1) is 23.1. The summed E-state index contributed by atoms with van der Waals surface area (Å²) in [5.74, 6) is 2.96. The molecule has 2 aliphatic heterocycles. The van der Waals surface area contributed by atoms with Crippen LogP contribution in [0.1, 0.15) is 116 Å². The summed E-state index contributed by atoms with van der Waals surface area (Å²) in [5, 5.41) is 20.9. The Morgan fingerprint density at radius 2 is 1.71 bits per heavy atom. The number of nitrogens with zero attached hydrogens (tertiary/aromatic N) is 3. The summed E-state index contributed by atoms with van der Waals surface area (Å²) in [4.78, 5) is 29.8. The largest absolute Gasteiger partial charge is 0.527 e. The second kappa shape index (κ2) is 17.1. The molecule has 13 nitrogen and oxygen atoms in total. The number of ether oxygens (including phenoxy) is 2. The number of hydrogen-bond donors (Lipinski definition) is 4. The molecule has 0 aliphatic carbocycles. The molecular formula is C35H57N4O9P. The molecule has 0 bridgehead atoms. The van der Waals surface area contributed by atoms with Crippen LogP contribution >= 0.6 is 7.82 Å². The smallest absolute Gasteiger partial charge is 0.487 e. The van der Waals surface area contributed by atoms with E-state index in [9.17, 15) is 24.5 Å². The molecule has 2 aromatic rings. The number of aromatic nitrogens is 3. The van der Waals surface area contributed by atoms with E-state index in [1.807, 2.05) is 6.92 Å². The third kappa shape index (κ3) is 11.2. The molecule has 5 unspecified atom stereocenters. The van der Waals surface area contributed by atoms with E-state index in [4.69, 9.17) is 24.3 Å². The molecule has 1 fully saturated rings. The minimum atomic E-state index is -4.67. The molecule has 3 heterocycles. The van der Waals surface area contributed by atoms with Gasteiger partial charge in [0.25, 0.3) is 0 Å². The highest BCUT2D eigenvalue weighted by Crippen LogP contribution is 2.47. The van der Waals surface area contributed by atoms with Crippen LogP contribution in [0.25, 0.3) is 0 Å². The lowest BCUT2D eigenvalue weighted by Gasteiger charge is -2.37. The number of aliphatic hydroxyl groups excluding tert-OH is 2. The molecule has 14 heteroatoms. The van der Waals surface area contributed by atoms with Crippen molar-refractivity contribution in [2.75, 3.05) is 12.3 Å². The molecule has 4 rings (SSSR count). The summed E-state index contributed by atoms with van der Waals surface area (Å²) in [6, 6.07) is 3.32. The Bertz CT molecular complexity index is 1490. The number of fused-ring (bicyclic) bond motifs is 1. The monoisotopic (exact) mass is 708 g/mol. The van der Waals surface area contributed by atoms with E-state index < -0.39 is 44.7 Å². The van der Waals surface area contributed by atoms with Crippen molar-refractivity contribution in [3.63, 3.8) is 0 Å². The Hall–Kier alpha value is -2.54. The summed E-state index contributed by atoms with van der Waals surface area (Å²) in [6.45, 7) is 12.8. The number of anilines is 1. The maximum atomic E-state index is 12.9. The van der Waals surface area contributed by atoms with Gasteiger partial charge < -0.3 is 29.9 Å². The number of benzene rings is 1. The minimum Gasteiger partial charge on any atom is -0.487 e. The van der Waals surface area contributed by atoms with Crippen LogP contribution in [0.2, 0.25) is 0 Å². The van der Waals surface area contributed by atoms with Crippen LogP contribution in [0.15, 0.2) is 23.3 Å². The molecule has 0 amide bonds. The molecule has 276 valence electrons. The summed E-state index contributed by atoms with van der Waals surface area (Å²) in [6.07, 6.45) is 8.02. The minimum absolute atomic E-state index is 0.147. The zero-order valence-electron chi connectivity index (χ0n) is 29.9. The molecule has 2 aliphatic rings. The van der Waals surface area contributed by atoms with Gasteiger partial charge in [-0.05, 0) is 80.5 Å². The highest BCUT2D eigenvalue weighted by Gasteiger charge is 2.45. The van der Waals surface area contributed by atoms with Gasteiger partial charge in [-0.1, -0.05) is 72.6 Å². The predicted molar refractivity (Wildman–Crippen MR) is 186 cm³/mol. The van der Waals surface area contributed by atoms with Gasteiger partial charge in [0.2, 0.25) is 5.95 Å². The quantitative estimate of drug-likeness (QED) is 0.135. The first-order valence-corrected chi connectivity index (χ1v) is 19.3. The number of phosphoric ester groups is 1. The molecule has 0 spiro atoms. The number of phosphoric acid groups is 1. The van der Waals surface area contributed by atoms with E-state index in [0.29, 0.717) is 5.92 Å². The van der Waals surface area contributed by atoms with Crippen LogP contribution < -0.4 is 20.7 Å². The van der Waals surface area contributed by atoms with Gasteiger partial charge in [0.05, 0.1) is 6.61 Å². The Balaban J connectivity index is 1.23. The third-order valence-electron chi connectivity index (χ3n) is 9.85. The molecule has 1 saturated heterocycles. The molecular weight excluding hydrogens is 651 g/mol. The van der Waals surface area contributed by atoms with Gasteiger partial charge in [-0.25, -0.2) is 14.3 Å². The normalized spacial score (nSPS) is 26.2. The molecule has 0 saturated carbocycles. The molecule has 8 atom stereocenters. The maximum Gasteiger partial charge on any atom is 0.527 e. The van der Waals surface area contributed by atoms with E-state index in [-0.39, 0.29) is 17.3 Å². The van der Waals surface area contributed by atoms with Gasteiger partial charge in [-0.2, -0.15) is 4.98 Å². The van der Waals surface area contributed by atoms with Gasteiger partial charge in [0.15, 0.2) is 6.23 Å². The van der Waals surface area contributed by atoms with E-state index in [0.717, 1.165) is 65.3 Å². The van der Waals surface area contributed by atoms with Gasteiger partial charge in [0, 0.05) is 0 Å². The highest BCUT2D eigenvalue weighted by molar-refractivity contribution is 7.47. The third-order valence-corrected chi connectivity index (χ3v) is 10.8. The predicted octanol–water partition coefficient (Wildman–Crippen LogP) is 5.87. The lowest BCUT2D eigenvalue weighted by Crippen LogP contribution is -2.36. The summed E-state index contributed by atoms with van der Waals surface area (Å²) in [7, 11) is -4.67. The average molecular weight is 709 g/mol. The van der Waals surface area contributed by atoms with Crippen molar-refractivity contribution in [3.8, 4) is 11.5 Å². The van der Waals surface area contributed by atoms with E-state index in [1.54, 1.807) is 12.1 Å². The highest BCUT2D eigenvalue weighted by atomic mass is 31.2. The van der Waals surface area contributed by atoms with E-state index >= 15 is 0 Å². The van der Waals surface area contributed by atoms with Crippen molar-refractivity contribution >= 4 is 13.8 Å². The number of rotatable bonds is 18. The first-order valence-electron chi connectivity index (χ1n) is 17.8. The van der Waals surface area contributed by atoms with Gasteiger partial charge in [0.1, 0.15) is 41.7 Å². The van der Waals surface area contributed by atoms with Crippen LogP contribution in [0.5, 0.6) is 11.5 Å². The topological polar surface area (TPSA) is 188 Å². The zero-order valence-corrected chi connectivity index (χ0v) is 30.8. The molecule has 1 aromatic carbocycles. The Morgan fingerprint density at radius 3 is 2.37 bits per heavy atom. The molecule has 1 aromatic heterocycles. The molecule has 5 N–H and O–H groups in total. The number of nitrogen functional groups attached to an aromatic ring is 1. The fourth-order valence-electron chi connectivity index (χ4n) is 6.82. The molecule has 0 radical (unpaired) electrons. The Morgan fingerprint density at radius 1 is 1.06 bits per heavy atom. The van der Waals surface area contributed by atoms with Crippen molar-refractivity contribution in [1.29, 1.82) is 0 Å². The fraction of sp³-hybridized carbons (Fsp3) is 0.743. The number of aliphatic hydroxyl groups is 2. The van der Waals surface area contributed by atoms with Crippen molar-refractivity contribution in [3.05, 3.63) is 40.1 Å². The van der Waals surface area contributed by atoms with Crippen LogP contribution in [-0.4, -0.2) is 60.2 Å². The Labute approximate surface area is 290 Å². The number of nitrogens with two attached hydrogens (primary N) is 1. The first kappa shape index (κ1) is 39.2. The van der Waals surface area contributed by atoms with Crippen molar-refractivity contribution in [1.82, 2.24) is 14.5 Å². The van der Waals surface area contributed by atoms with Gasteiger partial charge in [-0.3, -0.25) is 14.0 Å². The number of hydrogen-bond acceptors (Lipinski definition) is 11. The summed E-state index contributed by atoms with van der Waals surface area (Å²) < 4.78 is 36.4. The van der Waals surface area contributed by atoms with Crippen LogP contribution in [0, 0.1) is 24.7 Å². The summed E-state index contributed by atoms with van der Waals surface area (Å²) >= 11 is 0.